The number of nitrogens with one attached hydrogen (secondary N) is 1. The molecule has 0 amide bonds. The maximum atomic E-state index is 13.2. The summed E-state index contributed by atoms with van der Waals surface area (Å²) in [6, 6.07) is 5.20. The van der Waals surface area contributed by atoms with Crippen LogP contribution in [0.1, 0.15) is 5.56 Å². The summed E-state index contributed by atoms with van der Waals surface area (Å²) < 4.78 is 39.7. The van der Waals surface area contributed by atoms with Gasteiger partial charge in [0.2, 0.25) is 0 Å². The topological polar surface area (TPSA) is 72.2 Å². The third-order valence-corrected chi connectivity index (χ3v) is 4.38. The summed E-state index contributed by atoms with van der Waals surface area (Å²) >= 11 is 1.38. The smallest absolute Gasteiger partial charge is 0.261 e. The SMILES string of the molecule is NCc1cc(S(=O)(=O)Nc2ccsc2)ccc1F. The normalized spacial score (nSPS) is 11.4. The molecule has 0 atom stereocenters. The molecule has 3 N–H and O–H groups in total. The molecule has 7 heteroatoms. The van der Waals surface area contributed by atoms with E-state index in [1.807, 2.05) is 0 Å². The highest BCUT2D eigenvalue weighted by molar-refractivity contribution is 7.92. The highest BCUT2D eigenvalue weighted by Crippen LogP contribution is 2.20. The van der Waals surface area contributed by atoms with Crippen LogP contribution in [0.3, 0.4) is 0 Å². The average molecular weight is 286 g/mol. The second kappa shape index (κ2) is 5.05. The Bertz CT molecular complexity index is 639. The number of nitrogens with two attached hydrogens (primary N) is 1. The number of thiophene rings is 1. The van der Waals surface area contributed by atoms with E-state index in [0.29, 0.717) is 5.69 Å². The van der Waals surface area contributed by atoms with Crippen LogP contribution in [0.4, 0.5) is 10.1 Å². The first-order valence-corrected chi connectivity index (χ1v) is 7.49. The number of halogens is 1. The minimum Gasteiger partial charge on any atom is -0.326 e. The van der Waals surface area contributed by atoms with Crippen molar-refractivity contribution in [3.63, 3.8) is 0 Å². The van der Waals surface area contributed by atoms with Crippen molar-refractivity contribution in [2.45, 2.75) is 11.4 Å². The highest BCUT2D eigenvalue weighted by atomic mass is 32.2. The third kappa shape index (κ3) is 2.69. The van der Waals surface area contributed by atoms with Crippen molar-refractivity contribution >= 4 is 27.0 Å². The molecule has 0 radical (unpaired) electrons. The van der Waals surface area contributed by atoms with Gasteiger partial charge in [0.15, 0.2) is 0 Å². The van der Waals surface area contributed by atoms with Crippen LogP contribution in [0.2, 0.25) is 0 Å². The lowest BCUT2D eigenvalue weighted by Crippen LogP contribution is -2.13. The van der Waals surface area contributed by atoms with Crippen molar-refractivity contribution in [1.29, 1.82) is 0 Å². The average Bonchev–Trinajstić information content (AvgIpc) is 2.81. The molecular weight excluding hydrogens is 275 g/mol. The van der Waals surface area contributed by atoms with E-state index >= 15 is 0 Å². The molecule has 2 rings (SSSR count). The summed E-state index contributed by atoms with van der Waals surface area (Å²) in [5.41, 5.74) is 6.00. The van der Waals surface area contributed by atoms with Gasteiger partial charge in [-0.1, -0.05) is 0 Å². The zero-order valence-corrected chi connectivity index (χ0v) is 10.9. The molecule has 18 heavy (non-hydrogen) atoms. The quantitative estimate of drug-likeness (QED) is 0.904. The van der Waals surface area contributed by atoms with Gasteiger partial charge in [-0.2, -0.15) is 11.3 Å². The van der Waals surface area contributed by atoms with E-state index in [4.69, 9.17) is 5.73 Å². The molecule has 2 aromatic rings. The van der Waals surface area contributed by atoms with Gasteiger partial charge in [0.25, 0.3) is 10.0 Å². The van der Waals surface area contributed by atoms with E-state index in [-0.39, 0.29) is 17.0 Å². The fourth-order valence-corrected chi connectivity index (χ4v) is 3.17. The van der Waals surface area contributed by atoms with Crippen LogP contribution in [0, 0.1) is 5.82 Å². The molecule has 4 nitrogen and oxygen atoms in total. The molecule has 1 heterocycles. The predicted molar refractivity (Wildman–Crippen MR) is 69.4 cm³/mol. The molecule has 1 aromatic heterocycles. The summed E-state index contributed by atoms with van der Waals surface area (Å²) in [5, 5.41) is 3.43. The molecule has 0 aliphatic rings. The molecule has 0 fully saturated rings. The maximum absolute atomic E-state index is 13.2. The van der Waals surface area contributed by atoms with Crippen molar-refractivity contribution in [3.8, 4) is 0 Å². The number of sulfonamides is 1. The van der Waals surface area contributed by atoms with Crippen LogP contribution in [0.25, 0.3) is 0 Å². The summed E-state index contributed by atoms with van der Waals surface area (Å²) in [6.45, 7) is -0.0480. The van der Waals surface area contributed by atoms with E-state index in [9.17, 15) is 12.8 Å². The van der Waals surface area contributed by atoms with Crippen molar-refractivity contribution in [2.75, 3.05) is 4.72 Å². The van der Waals surface area contributed by atoms with Crippen molar-refractivity contribution in [2.24, 2.45) is 5.73 Å². The number of anilines is 1. The Morgan fingerprint density at radius 2 is 2.11 bits per heavy atom. The lowest BCUT2D eigenvalue weighted by molar-refractivity contribution is 0.596. The first kappa shape index (κ1) is 13.0. The van der Waals surface area contributed by atoms with Gasteiger partial charge in [-0.15, -0.1) is 0 Å². The Kier molecular flexibility index (Phi) is 3.65. The van der Waals surface area contributed by atoms with Gasteiger partial charge in [-0.25, -0.2) is 12.8 Å². The molecule has 0 aliphatic carbocycles. The Morgan fingerprint density at radius 3 is 2.72 bits per heavy atom. The number of hydrogen-bond acceptors (Lipinski definition) is 4. The van der Waals surface area contributed by atoms with E-state index < -0.39 is 15.8 Å². The van der Waals surface area contributed by atoms with Gasteiger partial charge in [-0.05, 0) is 29.6 Å². The molecular formula is C11H11FN2O2S2. The molecule has 0 bridgehead atoms. The van der Waals surface area contributed by atoms with Crippen LogP contribution < -0.4 is 10.5 Å². The maximum Gasteiger partial charge on any atom is 0.261 e. The van der Waals surface area contributed by atoms with E-state index in [2.05, 4.69) is 4.72 Å². The van der Waals surface area contributed by atoms with Crippen LogP contribution in [0.5, 0.6) is 0 Å². The number of hydrogen-bond donors (Lipinski definition) is 2. The molecule has 0 aliphatic heterocycles. The van der Waals surface area contributed by atoms with Gasteiger partial charge >= 0.3 is 0 Å². The van der Waals surface area contributed by atoms with Crippen molar-refractivity contribution < 1.29 is 12.8 Å². The third-order valence-electron chi connectivity index (χ3n) is 2.32. The van der Waals surface area contributed by atoms with Crippen LogP contribution in [0.15, 0.2) is 39.9 Å². The number of benzene rings is 1. The van der Waals surface area contributed by atoms with Crippen molar-refractivity contribution in [3.05, 3.63) is 46.4 Å². The first-order chi connectivity index (χ1) is 8.53. The standard InChI is InChI=1S/C11H11FN2O2S2/c12-11-2-1-10(5-8(11)6-13)18(15,16)14-9-3-4-17-7-9/h1-5,7,14H,6,13H2. The van der Waals surface area contributed by atoms with Gasteiger partial charge in [0, 0.05) is 17.5 Å². The second-order valence-electron chi connectivity index (χ2n) is 3.57. The zero-order valence-electron chi connectivity index (χ0n) is 9.26. The Morgan fingerprint density at radius 1 is 1.33 bits per heavy atom. The van der Waals surface area contributed by atoms with Gasteiger partial charge < -0.3 is 5.73 Å². The summed E-state index contributed by atoms with van der Waals surface area (Å²) in [4.78, 5) is -0.00412. The van der Waals surface area contributed by atoms with Crippen LogP contribution in [-0.2, 0) is 16.6 Å². The monoisotopic (exact) mass is 286 g/mol. The molecule has 1 aromatic carbocycles. The zero-order chi connectivity index (χ0) is 13.2. The highest BCUT2D eigenvalue weighted by Gasteiger charge is 2.16. The van der Waals surface area contributed by atoms with E-state index in [1.165, 1.54) is 23.5 Å². The summed E-state index contributed by atoms with van der Waals surface area (Å²) in [7, 11) is -3.70. The van der Waals surface area contributed by atoms with E-state index in [0.717, 1.165) is 6.07 Å². The number of rotatable bonds is 4. The molecule has 0 saturated heterocycles. The second-order valence-corrected chi connectivity index (χ2v) is 6.04. The minimum atomic E-state index is -3.70. The fraction of sp³-hybridized carbons (Fsp3) is 0.0909. The Hall–Kier alpha value is -1.44. The Balaban J connectivity index is 2.35. The summed E-state index contributed by atoms with van der Waals surface area (Å²) in [5.74, 6) is -0.507. The molecule has 0 spiro atoms. The fourth-order valence-electron chi connectivity index (χ4n) is 1.41. The van der Waals surface area contributed by atoms with Gasteiger partial charge in [0.1, 0.15) is 5.82 Å². The van der Waals surface area contributed by atoms with Crippen molar-refractivity contribution in [1.82, 2.24) is 0 Å². The van der Waals surface area contributed by atoms with Gasteiger partial charge in [-0.3, -0.25) is 4.72 Å². The van der Waals surface area contributed by atoms with Crippen LogP contribution >= 0.6 is 11.3 Å². The summed E-state index contributed by atoms with van der Waals surface area (Å²) in [6.07, 6.45) is 0. The minimum absolute atomic E-state index is 0.00412. The van der Waals surface area contributed by atoms with E-state index in [1.54, 1.807) is 16.8 Å². The molecule has 0 saturated carbocycles. The lowest BCUT2D eigenvalue weighted by atomic mass is 10.2. The first-order valence-electron chi connectivity index (χ1n) is 5.06. The van der Waals surface area contributed by atoms with Gasteiger partial charge in [0.05, 0.1) is 10.6 Å². The Labute approximate surface area is 108 Å². The molecule has 96 valence electrons. The molecule has 0 unspecified atom stereocenters. The lowest BCUT2D eigenvalue weighted by Gasteiger charge is -2.08. The largest absolute Gasteiger partial charge is 0.326 e. The van der Waals surface area contributed by atoms with Crippen LogP contribution in [-0.4, -0.2) is 8.42 Å². The predicted octanol–water partition coefficient (Wildman–Crippen LogP) is 2.15.